The van der Waals surface area contributed by atoms with Crippen molar-refractivity contribution < 1.29 is 6.16 Å². The predicted octanol–water partition coefficient (Wildman–Crippen LogP) is 1.59. The summed E-state index contributed by atoms with van der Waals surface area (Å²) in [5.41, 5.74) is 0. The van der Waals surface area contributed by atoms with Crippen molar-refractivity contribution in [3.8, 4) is 0 Å². The molecule has 1 rings (SSSR count). The minimum atomic E-state index is 0. The molecule has 0 radical (unpaired) electrons. The van der Waals surface area contributed by atoms with Crippen LogP contribution in [0.2, 0.25) is 0 Å². The molecule has 1 fully saturated rings. The Balaban J connectivity index is 0. The van der Waals surface area contributed by atoms with Gasteiger partial charge in [-0.2, -0.15) is 0 Å². The molecule has 0 amide bonds. The first kappa shape index (κ1) is 6.92. The van der Waals surface area contributed by atoms with Gasteiger partial charge in [0.2, 0.25) is 0 Å². The standard InChI is InChI=1S/C5H10O.H3N.H2/c1-2-4-6-5-3-1;;/h1-5H2;1H3;1H. The van der Waals surface area contributed by atoms with Crippen LogP contribution in [0.5, 0.6) is 0 Å². The minimum Gasteiger partial charge on any atom is -0.381 e. The first-order valence-electron chi connectivity index (χ1n) is 2.58. The highest BCUT2D eigenvalue weighted by molar-refractivity contribution is 4.45. The molecule has 0 aromatic heterocycles. The Kier molecular flexibility index (Phi) is 4.04. The van der Waals surface area contributed by atoms with Gasteiger partial charge in [0.05, 0.1) is 0 Å². The lowest BCUT2D eigenvalue weighted by Gasteiger charge is -2.08. The smallest absolute Gasteiger partial charge is 0.0466 e. The van der Waals surface area contributed by atoms with E-state index < -0.39 is 0 Å². The largest absolute Gasteiger partial charge is 0.381 e. The maximum Gasteiger partial charge on any atom is 0.0466 e. The maximum absolute atomic E-state index is 5.07. The van der Waals surface area contributed by atoms with Gasteiger partial charge in [0, 0.05) is 14.6 Å². The van der Waals surface area contributed by atoms with Crippen LogP contribution in [0.1, 0.15) is 20.7 Å². The molecule has 0 aromatic carbocycles. The van der Waals surface area contributed by atoms with Gasteiger partial charge in [-0.15, -0.1) is 0 Å². The van der Waals surface area contributed by atoms with Crippen LogP contribution in [0.15, 0.2) is 0 Å². The number of rotatable bonds is 0. The summed E-state index contributed by atoms with van der Waals surface area (Å²) in [6, 6.07) is 0. The summed E-state index contributed by atoms with van der Waals surface area (Å²) in [5.74, 6) is 0. The summed E-state index contributed by atoms with van der Waals surface area (Å²) in [6.07, 6.45) is 3.93. The van der Waals surface area contributed by atoms with Crippen molar-refractivity contribution in [3.63, 3.8) is 0 Å². The van der Waals surface area contributed by atoms with E-state index in [-0.39, 0.29) is 7.58 Å². The van der Waals surface area contributed by atoms with Gasteiger partial charge in [0.15, 0.2) is 0 Å². The molecule has 0 aromatic rings. The van der Waals surface area contributed by atoms with E-state index in [9.17, 15) is 0 Å². The van der Waals surface area contributed by atoms with E-state index in [0.717, 1.165) is 13.2 Å². The fourth-order valence-electron chi connectivity index (χ4n) is 0.687. The molecule has 0 unspecified atom stereocenters. The highest BCUT2D eigenvalue weighted by Gasteiger charge is 1.94. The Morgan fingerprint density at radius 3 is 1.71 bits per heavy atom. The third-order valence-electron chi connectivity index (χ3n) is 1.08. The van der Waals surface area contributed by atoms with E-state index in [2.05, 4.69) is 0 Å². The summed E-state index contributed by atoms with van der Waals surface area (Å²) in [4.78, 5) is 0. The van der Waals surface area contributed by atoms with E-state index in [1.807, 2.05) is 0 Å². The second-order valence-corrected chi connectivity index (χ2v) is 1.67. The molecule has 7 heavy (non-hydrogen) atoms. The van der Waals surface area contributed by atoms with Crippen molar-refractivity contribution in [1.29, 1.82) is 0 Å². The van der Waals surface area contributed by atoms with Gasteiger partial charge in [0.25, 0.3) is 0 Å². The fraction of sp³-hybridized carbons (Fsp3) is 1.00. The van der Waals surface area contributed by atoms with E-state index in [1.165, 1.54) is 19.3 Å². The van der Waals surface area contributed by atoms with Gasteiger partial charge in [-0.25, -0.2) is 0 Å². The maximum atomic E-state index is 5.07. The highest BCUT2D eigenvalue weighted by Crippen LogP contribution is 2.01. The summed E-state index contributed by atoms with van der Waals surface area (Å²) < 4.78 is 5.07. The number of hydrogen-bond donors (Lipinski definition) is 1. The average molecular weight is 105 g/mol. The van der Waals surface area contributed by atoms with Crippen LogP contribution in [0, 0.1) is 0 Å². The van der Waals surface area contributed by atoms with E-state index >= 15 is 0 Å². The highest BCUT2D eigenvalue weighted by atomic mass is 16.5. The van der Waals surface area contributed by atoms with Crippen molar-refractivity contribution in [2.45, 2.75) is 19.3 Å². The fourth-order valence-corrected chi connectivity index (χ4v) is 0.687. The van der Waals surface area contributed by atoms with Crippen LogP contribution >= 0.6 is 0 Å². The van der Waals surface area contributed by atoms with Crippen molar-refractivity contribution in [2.75, 3.05) is 13.2 Å². The Morgan fingerprint density at radius 2 is 1.57 bits per heavy atom. The third-order valence-corrected chi connectivity index (χ3v) is 1.08. The van der Waals surface area contributed by atoms with Gasteiger partial charge >= 0.3 is 0 Å². The SMILES string of the molecule is C1CCOCC1.N.[HH]. The molecule has 0 spiro atoms. The molecule has 1 heterocycles. The lowest BCUT2D eigenvalue weighted by molar-refractivity contribution is 0.0968. The quantitative estimate of drug-likeness (QED) is 0.508. The predicted molar refractivity (Wildman–Crippen MR) is 31.8 cm³/mol. The zero-order chi connectivity index (χ0) is 4.24. The number of hydrogen-bond acceptors (Lipinski definition) is 2. The third kappa shape index (κ3) is 2.60. The first-order chi connectivity index (χ1) is 3.00. The second kappa shape index (κ2) is 4.09. The lowest BCUT2D eigenvalue weighted by Crippen LogP contribution is -2.03. The Bertz CT molecular complexity index is 27.9. The molecule has 0 aliphatic carbocycles. The molecule has 0 saturated carbocycles. The van der Waals surface area contributed by atoms with Gasteiger partial charge in [-0.3, -0.25) is 0 Å². The number of ether oxygens (including phenoxy) is 1. The summed E-state index contributed by atoms with van der Waals surface area (Å²) >= 11 is 0. The molecule has 1 aliphatic heterocycles. The zero-order valence-electron chi connectivity index (χ0n) is 4.65. The van der Waals surface area contributed by atoms with Crippen molar-refractivity contribution >= 4 is 0 Å². The van der Waals surface area contributed by atoms with Crippen LogP contribution in [-0.4, -0.2) is 13.2 Å². The summed E-state index contributed by atoms with van der Waals surface area (Å²) in [5, 5.41) is 0. The molecule has 2 heteroatoms. The topological polar surface area (TPSA) is 44.2 Å². The minimum absolute atomic E-state index is 0. The molecule has 3 N–H and O–H groups in total. The van der Waals surface area contributed by atoms with Crippen LogP contribution < -0.4 is 6.15 Å². The molecule has 0 atom stereocenters. The Labute approximate surface area is 45.9 Å². The van der Waals surface area contributed by atoms with Crippen LogP contribution in [0.25, 0.3) is 0 Å². The Morgan fingerprint density at radius 1 is 1.00 bits per heavy atom. The molecule has 2 nitrogen and oxygen atoms in total. The molecule has 46 valence electrons. The molecule has 1 saturated heterocycles. The Hall–Kier alpha value is -0.0800. The van der Waals surface area contributed by atoms with Crippen molar-refractivity contribution in [2.24, 2.45) is 0 Å². The van der Waals surface area contributed by atoms with E-state index in [0.29, 0.717) is 0 Å². The van der Waals surface area contributed by atoms with Crippen LogP contribution in [0.3, 0.4) is 0 Å². The second-order valence-electron chi connectivity index (χ2n) is 1.67. The van der Waals surface area contributed by atoms with Crippen molar-refractivity contribution in [3.05, 3.63) is 0 Å². The normalized spacial score (nSPS) is 20.6. The molecule has 0 bridgehead atoms. The van der Waals surface area contributed by atoms with Gasteiger partial charge < -0.3 is 10.9 Å². The van der Waals surface area contributed by atoms with Gasteiger partial charge in [-0.05, 0) is 19.3 Å². The lowest BCUT2D eigenvalue weighted by atomic mass is 10.2. The van der Waals surface area contributed by atoms with Gasteiger partial charge in [0.1, 0.15) is 0 Å². The van der Waals surface area contributed by atoms with E-state index in [1.54, 1.807) is 0 Å². The zero-order valence-corrected chi connectivity index (χ0v) is 4.65. The van der Waals surface area contributed by atoms with Crippen LogP contribution in [-0.2, 0) is 4.74 Å². The average Bonchev–Trinajstić information content (AvgIpc) is 1.72. The molecular formula is C5H15NO. The monoisotopic (exact) mass is 105 g/mol. The van der Waals surface area contributed by atoms with Gasteiger partial charge in [-0.1, -0.05) is 0 Å². The first-order valence-corrected chi connectivity index (χ1v) is 2.58. The van der Waals surface area contributed by atoms with E-state index in [4.69, 9.17) is 4.74 Å². The summed E-state index contributed by atoms with van der Waals surface area (Å²) in [7, 11) is 0. The summed E-state index contributed by atoms with van der Waals surface area (Å²) in [6.45, 7) is 2.00. The van der Waals surface area contributed by atoms with Crippen LogP contribution in [0.4, 0.5) is 0 Å². The molecular weight excluding hydrogens is 90.1 g/mol. The van der Waals surface area contributed by atoms with Crippen molar-refractivity contribution in [1.82, 2.24) is 6.15 Å². The molecule has 1 aliphatic rings.